The zero-order valence-corrected chi connectivity index (χ0v) is 8.97. The molecule has 0 aromatic heterocycles. The molecule has 0 heterocycles. The van der Waals surface area contributed by atoms with Crippen molar-refractivity contribution in [3.8, 4) is 0 Å². The summed E-state index contributed by atoms with van der Waals surface area (Å²) in [6.45, 7) is 1.82. The average Bonchev–Trinajstić information content (AvgIpc) is 1.66. The fraction of sp³-hybridized carbons (Fsp3) is 1.00. The van der Waals surface area contributed by atoms with E-state index in [1.54, 1.807) is 0 Å². The van der Waals surface area contributed by atoms with Crippen LogP contribution in [0, 0.1) is 0 Å². The van der Waals surface area contributed by atoms with Gasteiger partial charge in [0.05, 0.1) is 6.10 Å². The summed E-state index contributed by atoms with van der Waals surface area (Å²) >= 11 is 0. The van der Waals surface area contributed by atoms with Crippen LogP contribution in [0.25, 0.3) is 0 Å². The molecule has 0 fully saturated rings. The smallest absolute Gasteiger partial charge is 0.145 e. The largest absolute Gasteiger partial charge is 0.468 e. The highest BCUT2D eigenvalue weighted by molar-refractivity contribution is 6.34. The lowest BCUT2D eigenvalue weighted by atomic mass is 10.3. The molecule has 0 aliphatic heterocycles. The van der Waals surface area contributed by atoms with E-state index in [2.05, 4.69) is 0 Å². The van der Waals surface area contributed by atoms with Crippen LogP contribution in [-0.2, 0) is 4.12 Å². The molecule has 0 saturated heterocycles. The molecular weight excluding hydrogens is 136 g/mol. The second kappa shape index (κ2) is 5.49. The van der Waals surface area contributed by atoms with Crippen LogP contribution >= 0.6 is 0 Å². The molecule has 1 N–H and O–H groups in total. The Morgan fingerprint density at radius 2 is 2.50 bits per heavy atom. The van der Waals surface area contributed by atoms with Gasteiger partial charge in [0.15, 0.2) is 0 Å². The molecule has 1 unspecified atom stereocenters. The standard InChI is InChI=1S/C4H14O2Si2/c1-4(5)2-3-8-6-7/h4-5H,2-3,8H2,1,7H3. The lowest BCUT2D eigenvalue weighted by Crippen LogP contribution is -2.02. The zero-order chi connectivity index (χ0) is 6.41. The van der Waals surface area contributed by atoms with E-state index in [9.17, 15) is 0 Å². The SMILES string of the molecule is CC(O)CC[SiH2]O[SiH3]. The van der Waals surface area contributed by atoms with E-state index in [0.717, 1.165) is 23.0 Å². The minimum absolute atomic E-state index is 0.126. The van der Waals surface area contributed by atoms with Crippen molar-refractivity contribution < 1.29 is 9.22 Å². The first-order chi connectivity index (χ1) is 3.77. The van der Waals surface area contributed by atoms with Crippen LogP contribution < -0.4 is 0 Å². The molecule has 0 rings (SSSR count). The Kier molecular flexibility index (Phi) is 5.73. The summed E-state index contributed by atoms with van der Waals surface area (Å²) in [7, 11) is 0.660. The van der Waals surface area contributed by atoms with Crippen molar-refractivity contribution in [3.63, 3.8) is 0 Å². The highest BCUT2D eigenvalue weighted by Crippen LogP contribution is 1.93. The Hall–Kier alpha value is 0.354. The summed E-state index contributed by atoms with van der Waals surface area (Å²) in [5, 5.41) is 8.76. The van der Waals surface area contributed by atoms with Gasteiger partial charge in [-0.2, -0.15) is 0 Å². The van der Waals surface area contributed by atoms with Gasteiger partial charge in [0, 0.05) is 0 Å². The quantitative estimate of drug-likeness (QED) is 0.393. The summed E-state index contributed by atoms with van der Waals surface area (Å²) in [5.41, 5.74) is 0. The average molecular weight is 150 g/mol. The Morgan fingerprint density at radius 1 is 1.88 bits per heavy atom. The monoisotopic (exact) mass is 150 g/mol. The third-order valence-electron chi connectivity index (χ3n) is 0.970. The minimum Gasteiger partial charge on any atom is -0.468 e. The third-order valence-corrected chi connectivity index (χ3v) is 3.30. The van der Waals surface area contributed by atoms with Crippen molar-refractivity contribution >= 4 is 20.2 Å². The van der Waals surface area contributed by atoms with Crippen LogP contribution in [0.1, 0.15) is 13.3 Å². The van der Waals surface area contributed by atoms with Gasteiger partial charge in [-0.3, -0.25) is 0 Å². The van der Waals surface area contributed by atoms with Crippen molar-refractivity contribution in [2.24, 2.45) is 0 Å². The molecule has 0 aliphatic rings. The number of rotatable bonds is 4. The van der Waals surface area contributed by atoms with Crippen molar-refractivity contribution in [2.75, 3.05) is 0 Å². The molecule has 0 spiro atoms. The van der Waals surface area contributed by atoms with Crippen LogP contribution in [0.3, 0.4) is 0 Å². The minimum atomic E-state index is -0.219. The predicted octanol–water partition coefficient (Wildman–Crippen LogP) is -1.44. The van der Waals surface area contributed by atoms with E-state index in [4.69, 9.17) is 9.22 Å². The summed E-state index contributed by atoms with van der Waals surface area (Å²) in [4.78, 5) is 0. The zero-order valence-electron chi connectivity index (χ0n) is 5.55. The normalized spacial score (nSPS) is 15.8. The maximum atomic E-state index is 8.76. The van der Waals surface area contributed by atoms with Gasteiger partial charge in [-0.25, -0.2) is 0 Å². The van der Waals surface area contributed by atoms with E-state index in [0.29, 0.717) is 0 Å². The van der Waals surface area contributed by atoms with Crippen molar-refractivity contribution in [1.29, 1.82) is 0 Å². The molecule has 8 heavy (non-hydrogen) atoms. The summed E-state index contributed by atoms with van der Waals surface area (Å²) in [5.74, 6) is 0. The molecule has 0 amide bonds. The molecule has 4 heteroatoms. The number of hydrogen-bond acceptors (Lipinski definition) is 2. The summed E-state index contributed by atoms with van der Waals surface area (Å²) in [6, 6.07) is 1.13. The first-order valence-corrected chi connectivity index (χ1v) is 5.33. The van der Waals surface area contributed by atoms with Gasteiger partial charge in [-0.15, -0.1) is 0 Å². The number of aliphatic hydroxyl groups excluding tert-OH is 1. The van der Waals surface area contributed by atoms with E-state index >= 15 is 0 Å². The number of aliphatic hydroxyl groups is 1. The van der Waals surface area contributed by atoms with Crippen LogP contribution in [0.4, 0.5) is 0 Å². The Balaban J connectivity index is 2.72. The maximum absolute atomic E-state index is 8.76. The first kappa shape index (κ1) is 8.35. The first-order valence-electron chi connectivity index (χ1n) is 2.94. The maximum Gasteiger partial charge on any atom is 0.145 e. The van der Waals surface area contributed by atoms with E-state index in [1.165, 1.54) is 0 Å². The highest BCUT2D eigenvalue weighted by Gasteiger charge is 1.93. The molecule has 2 nitrogen and oxygen atoms in total. The van der Waals surface area contributed by atoms with Crippen molar-refractivity contribution in [1.82, 2.24) is 0 Å². The molecular formula is C4H14O2Si2. The predicted molar refractivity (Wildman–Crippen MR) is 40.7 cm³/mol. The molecule has 0 aliphatic carbocycles. The Morgan fingerprint density at radius 3 is 2.88 bits per heavy atom. The van der Waals surface area contributed by atoms with Crippen LogP contribution in [-0.4, -0.2) is 31.5 Å². The molecule has 0 bridgehead atoms. The Labute approximate surface area is 55.7 Å². The van der Waals surface area contributed by atoms with Crippen LogP contribution in [0.5, 0.6) is 0 Å². The van der Waals surface area contributed by atoms with Crippen molar-refractivity contribution in [3.05, 3.63) is 0 Å². The van der Waals surface area contributed by atoms with E-state index in [-0.39, 0.29) is 15.9 Å². The van der Waals surface area contributed by atoms with Crippen LogP contribution in [0.15, 0.2) is 0 Å². The molecule has 1 atom stereocenters. The molecule has 0 aromatic rings. The van der Waals surface area contributed by atoms with Gasteiger partial charge in [0.1, 0.15) is 20.2 Å². The van der Waals surface area contributed by atoms with Gasteiger partial charge >= 0.3 is 0 Å². The van der Waals surface area contributed by atoms with E-state index in [1.807, 2.05) is 6.92 Å². The van der Waals surface area contributed by atoms with Gasteiger partial charge in [-0.1, -0.05) is 0 Å². The highest BCUT2D eigenvalue weighted by atomic mass is 28.3. The summed E-state index contributed by atoms with van der Waals surface area (Å²) in [6.07, 6.45) is 0.799. The lowest BCUT2D eigenvalue weighted by molar-refractivity contribution is 0.190. The molecule has 50 valence electrons. The number of hydrogen-bond donors (Lipinski definition) is 1. The van der Waals surface area contributed by atoms with Crippen molar-refractivity contribution in [2.45, 2.75) is 25.5 Å². The van der Waals surface area contributed by atoms with Gasteiger partial charge in [0.25, 0.3) is 0 Å². The molecule has 0 radical (unpaired) electrons. The van der Waals surface area contributed by atoms with Gasteiger partial charge in [0.2, 0.25) is 0 Å². The fourth-order valence-electron chi connectivity index (χ4n) is 0.523. The summed E-state index contributed by atoms with van der Waals surface area (Å²) < 4.78 is 5.06. The molecule has 0 aromatic carbocycles. The van der Waals surface area contributed by atoms with Gasteiger partial charge < -0.3 is 9.22 Å². The second-order valence-electron chi connectivity index (χ2n) is 1.98. The topological polar surface area (TPSA) is 29.5 Å². The second-order valence-corrected chi connectivity index (χ2v) is 5.41. The Bertz CT molecular complexity index is 49.3. The third kappa shape index (κ3) is 6.35. The van der Waals surface area contributed by atoms with Gasteiger partial charge in [-0.05, 0) is 19.4 Å². The fourth-order valence-corrected chi connectivity index (χ4v) is 2.44. The molecule has 0 saturated carbocycles. The van der Waals surface area contributed by atoms with Crippen LogP contribution in [0.2, 0.25) is 6.04 Å². The van der Waals surface area contributed by atoms with E-state index < -0.39 is 0 Å². The lowest BCUT2D eigenvalue weighted by Gasteiger charge is -2.00.